The van der Waals surface area contributed by atoms with Crippen LogP contribution in [-0.2, 0) is 0 Å². The first-order valence-corrected chi connectivity index (χ1v) is 5.20. The van der Waals surface area contributed by atoms with Crippen molar-refractivity contribution in [2.75, 3.05) is 0 Å². The van der Waals surface area contributed by atoms with Crippen molar-refractivity contribution in [2.45, 2.75) is 45.4 Å². The van der Waals surface area contributed by atoms with Crippen LogP contribution in [0.5, 0.6) is 0 Å². The highest BCUT2D eigenvalue weighted by Crippen LogP contribution is 2.34. The minimum absolute atomic E-state index is 0.751. The monoisotopic (exact) mass is 175 g/mol. The third-order valence-corrected chi connectivity index (χ3v) is 3.00. The topological polar surface area (TPSA) is 12.9 Å². The van der Waals surface area contributed by atoms with Crippen LogP contribution in [0.15, 0.2) is 12.3 Å². The van der Waals surface area contributed by atoms with Crippen molar-refractivity contribution < 1.29 is 0 Å². The number of pyridine rings is 1. The molecule has 13 heavy (non-hydrogen) atoms. The van der Waals surface area contributed by atoms with Crippen LogP contribution in [-0.4, -0.2) is 4.98 Å². The normalized spacial score (nSPS) is 18.0. The number of hydrogen-bond acceptors (Lipinski definition) is 1. The van der Waals surface area contributed by atoms with Crippen LogP contribution < -0.4 is 0 Å². The Bertz CT molecular complexity index is 298. The Hall–Kier alpha value is -0.850. The summed E-state index contributed by atoms with van der Waals surface area (Å²) >= 11 is 0. The maximum atomic E-state index is 4.56. The lowest BCUT2D eigenvalue weighted by Gasteiger charge is -2.11. The van der Waals surface area contributed by atoms with Gasteiger partial charge in [0.1, 0.15) is 0 Å². The van der Waals surface area contributed by atoms with Crippen molar-refractivity contribution in [3.8, 4) is 0 Å². The predicted molar refractivity (Wildman–Crippen MR) is 54.9 cm³/mol. The second kappa shape index (κ2) is 3.49. The van der Waals surface area contributed by atoms with Gasteiger partial charge in [-0.1, -0.05) is 18.9 Å². The van der Waals surface area contributed by atoms with Crippen LogP contribution in [0.4, 0.5) is 0 Å². The van der Waals surface area contributed by atoms with Crippen molar-refractivity contribution in [2.24, 2.45) is 0 Å². The highest BCUT2D eigenvalue weighted by molar-refractivity contribution is 5.26. The van der Waals surface area contributed by atoms with E-state index in [0.29, 0.717) is 0 Å². The van der Waals surface area contributed by atoms with E-state index in [4.69, 9.17) is 0 Å². The zero-order chi connectivity index (χ0) is 9.26. The molecule has 0 spiro atoms. The van der Waals surface area contributed by atoms with E-state index in [0.717, 1.165) is 5.92 Å². The molecule has 0 radical (unpaired) electrons. The second-order valence-electron chi connectivity index (χ2n) is 4.20. The SMILES string of the molecule is Cc1cnc(C2CCCC2)c(C)c1. The summed E-state index contributed by atoms with van der Waals surface area (Å²) in [6, 6.07) is 2.25. The van der Waals surface area contributed by atoms with Gasteiger partial charge < -0.3 is 0 Å². The average Bonchev–Trinajstić information content (AvgIpc) is 2.56. The third-order valence-electron chi connectivity index (χ3n) is 3.00. The van der Waals surface area contributed by atoms with E-state index in [-0.39, 0.29) is 0 Å². The molecule has 1 nitrogen and oxygen atoms in total. The van der Waals surface area contributed by atoms with Gasteiger partial charge in [-0.05, 0) is 37.8 Å². The molecule has 0 bridgehead atoms. The quantitative estimate of drug-likeness (QED) is 0.637. The van der Waals surface area contributed by atoms with Gasteiger partial charge in [0.15, 0.2) is 0 Å². The van der Waals surface area contributed by atoms with Gasteiger partial charge in [0.2, 0.25) is 0 Å². The van der Waals surface area contributed by atoms with Crippen molar-refractivity contribution >= 4 is 0 Å². The smallest absolute Gasteiger partial charge is 0.0463 e. The van der Waals surface area contributed by atoms with Crippen molar-refractivity contribution in [1.29, 1.82) is 0 Å². The molecular weight excluding hydrogens is 158 g/mol. The molecule has 1 saturated carbocycles. The first kappa shape index (κ1) is 8.74. The Morgan fingerprint density at radius 1 is 1.23 bits per heavy atom. The number of aryl methyl sites for hydroxylation is 2. The van der Waals surface area contributed by atoms with Crippen LogP contribution in [0.2, 0.25) is 0 Å². The molecule has 2 rings (SSSR count). The van der Waals surface area contributed by atoms with Gasteiger partial charge in [-0.2, -0.15) is 0 Å². The molecule has 0 N–H and O–H groups in total. The Morgan fingerprint density at radius 3 is 2.54 bits per heavy atom. The van der Waals surface area contributed by atoms with E-state index >= 15 is 0 Å². The molecule has 0 atom stereocenters. The van der Waals surface area contributed by atoms with Gasteiger partial charge in [-0.3, -0.25) is 4.98 Å². The minimum Gasteiger partial charge on any atom is -0.260 e. The van der Waals surface area contributed by atoms with Gasteiger partial charge in [0.25, 0.3) is 0 Å². The number of hydrogen-bond donors (Lipinski definition) is 0. The van der Waals surface area contributed by atoms with Crippen molar-refractivity contribution in [1.82, 2.24) is 4.98 Å². The highest BCUT2D eigenvalue weighted by Gasteiger charge is 2.19. The molecule has 0 aliphatic heterocycles. The number of nitrogens with zero attached hydrogens (tertiary/aromatic N) is 1. The summed E-state index contributed by atoms with van der Waals surface area (Å²) in [5, 5.41) is 0. The van der Waals surface area contributed by atoms with Gasteiger partial charge in [-0.15, -0.1) is 0 Å². The van der Waals surface area contributed by atoms with E-state index < -0.39 is 0 Å². The zero-order valence-electron chi connectivity index (χ0n) is 8.51. The maximum Gasteiger partial charge on any atom is 0.0463 e. The first-order valence-electron chi connectivity index (χ1n) is 5.20. The number of aromatic nitrogens is 1. The average molecular weight is 175 g/mol. The second-order valence-corrected chi connectivity index (χ2v) is 4.20. The lowest BCUT2D eigenvalue weighted by Crippen LogP contribution is -1.99. The predicted octanol–water partition coefficient (Wildman–Crippen LogP) is 3.36. The lowest BCUT2D eigenvalue weighted by atomic mass is 9.99. The molecule has 0 saturated heterocycles. The fourth-order valence-corrected chi connectivity index (χ4v) is 2.35. The Balaban J connectivity index is 2.29. The summed E-state index contributed by atoms with van der Waals surface area (Å²) in [5.74, 6) is 0.751. The Labute approximate surface area is 80.2 Å². The Morgan fingerprint density at radius 2 is 1.92 bits per heavy atom. The molecule has 70 valence electrons. The van der Waals surface area contributed by atoms with E-state index in [1.807, 2.05) is 6.20 Å². The molecule has 1 aliphatic carbocycles. The summed E-state index contributed by atoms with van der Waals surface area (Å²) in [6.07, 6.45) is 7.47. The standard InChI is InChI=1S/C12H17N/c1-9-7-10(2)12(13-8-9)11-5-3-4-6-11/h7-8,11H,3-6H2,1-2H3. The molecule has 1 fully saturated rings. The molecule has 1 aromatic rings. The summed E-state index contributed by atoms with van der Waals surface area (Å²) < 4.78 is 0. The lowest BCUT2D eigenvalue weighted by molar-refractivity contribution is 0.690. The van der Waals surface area contributed by atoms with E-state index in [2.05, 4.69) is 24.9 Å². The molecule has 0 unspecified atom stereocenters. The molecule has 1 heterocycles. The van der Waals surface area contributed by atoms with Crippen LogP contribution in [0, 0.1) is 13.8 Å². The van der Waals surface area contributed by atoms with E-state index in [1.54, 1.807) is 0 Å². The summed E-state index contributed by atoms with van der Waals surface area (Å²) in [5.41, 5.74) is 4.01. The molecule has 1 heteroatoms. The van der Waals surface area contributed by atoms with Crippen LogP contribution in [0.25, 0.3) is 0 Å². The van der Waals surface area contributed by atoms with Gasteiger partial charge >= 0.3 is 0 Å². The zero-order valence-corrected chi connectivity index (χ0v) is 8.51. The summed E-state index contributed by atoms with van der Waals surface area (Å²) in [7, 11) is 0. The van der Waals surface area contributed by atoms with Crippen molar-refractivity contribution in [3.63, 3.8) is 0 Å². The molecule has 1 aliphatic rings. The van der Waals surface area contributed by atoms with Crippen LogP contribution >= 0.6 is 0 Å². The fraction of sp³-hybridized carbons (Fsp3) is 0.583. The first-order chi connectivity index (χ1) is 6.27. The van der Waals surface area contributed by atoms with Crippen LogP contribution in [0.3, 0.4) is 0 Å². The minimum atomic E-state index is 0.751. The van der Waals surface area contributed by atoms with E-state index in [9.17, 15) is 0 Å². The third kappa shape index (κ3) is 1.74. The van der Waals surface area contributed by atoms with Gasteiger partial charge in [-0.25, -0.2) is 0 Å². The highest BCUT2D eigenvalue weighted by atomic mass is 14.7. The fourth-order valence-electron chi connectivity index (χ4n) is 2.35. The maximum absolute atomic E-state index is 4.56. The molecule has 0 amide bonds. The van der Waals surface area contributed by atoms with Gasteiger partial charge in [0.05, 0.1) is 0 Å². The largest absolute Gasteiger partial charge is 0.260 e. The van der Waals surface area contributed by atoms with Crippen molar-refractivity contribution in [3.05, 3.63) is 29.1 Å². The molecule has 1 aromatic heterocycles. The number of rotatable bonds is 1. The molecular formula is C12H17N. The summed E-state index contributed by atoms with van der Waals surface area (Å²) in [4.78, 5) is 4.56. The van der Waals surface area contributed by atoms with Gasteiger partial charge in [0, 0.05) is 17.8 Å². The molecule has 0 aromatic carbocycles. The summed E-state index contributed by atoms with van der Waals surface area (Å²) in [6.45, 7) is 4.30. The Kier molecular flexibility index (Phi) is 2.34. The van der Waals surface area contributed by atoms with E-state index in [1.165, 1.54) is 42.5 Å². The van der Waals surface area contributed by atoms with Crippen LogP contribution in [0.1, 0.15) is 48.4 Å².